The highest BCUT2D eigenvalue weighted by Crippen LogP contribution is 2.29. The van der Waals surface area contributed by atoms with Gasteiger partial charge in [0, 0.05) is 25.4 Å². The van der Waals surface area contributed by atoms with Gasteiger partial charge in [-0.05, 0) is 43.2 Å². The Hall–Kier alpha value is -3.03. The lowest BCUT2D eigenvalue weighted by molar-refractivity contribution is -0.137. The van der Waals surface area contributed by atoms with Crippen molar-refractivity contribution in [2.45, 2.75) is 26.4 Å². The number of alkyl halides is 3. The van der Waals surface area contributed by atoms with Crippen molar-refractivity contribution in [3.63, 3.8) is 0 Å². The number of amides is 1. The van der Waals surface area contributed by atoms with Crippen molar-refractivity contribution in [1.29, 1.82) is 0 Å². The van der Waals surface area contributed by atoms with Gasteiger partial charge < -0.3 is 14.5 Å². The van der Waals surface area contributed by atoms with Crippen LogP contribution in [-0.4, -0.2) is 28.4 Å². The maximum Gasteiger partial charge on any atom is 0.417 e. The van der Waals surface area contributed by atoms with Gasteiger partial charge in [0.25, 0.3) is 5.91 Å². The first-order valence-electron chi connectivity index (χ1n) is 8.74. The van der Waals surface area contributed by atoms with E-state index < -0.39 is 11.7 Å². The molecule has 0 saturated carbocycles. The third kappa shape index (κ3) is 4.82. The molecule has 2 heterocycles. The minimum absolute atomic E-state index is 0.107. The number of rotatable bonds is 6. The van der Waals surface area contributed by atoms with Crippen LogP contribution >= 0.6 is 0 Å². The molecular weight excluding hydrogens is 371 g/mol. The van der Waals surface area contributed by atoms with Gasteiger partial charge in [0.1, 0.15) is 11.4 Å². The van der Waals surface area contributed by atoms with E-state index in [-0.39, 0.29) is 12.5 Å². The molecule has 0 radical (unpaired) electrons. The molecule has 0 spiro atoms. The summed E-state index contributed by atoms with van der Waals surface area (Å²) in [7, 11) is 0. The highest BCUT2D eigenvalue weighted by molar-refractivity contribution is 5.77. The molecule has 28 heavy (non-hydrogen) atoms. The van der Waals surface area contributed by atoms with Crippen molar-refractivity contribution >= 4 is 11.6 Å². The number of pyridine rings is 1. The third-order valence-corrected chi connectivity index (χ3v) is 4.23. The Bertz CT molecular complexity index is 996. The molecular formula is C20H20F3N3O2. The molecule has 0 aliphatic rings. The van der Waals surface area contributed by atoms with Crippen LogP contribution in [-0.2, 0) is 17.4 Å². The highest BCUT2D eigenvalue weighted by Gasteiger charge is 2.30. The lowest BCUT2D eigenvalue weighted by atomic mass is 10.1. The van der Waals surface area contributed by atoms with Crippen LogP contribution in [0.25, 0.3) is 5.65 Å². The van der Waals surface area contributed by atoms with E-state index in [0.717, 1.165) is 23.4 Å². The standard InChI is InChI=1S/C20H20F3N3O2/c1-13-3-4-14(2)17(9-13)28-12-19(27)24-8-7-16-11-26-10-15(20(21,22)23)5-6-18(26)25-16/h3-6,9-11H,7-8,12H2,1-2H3,(H,24,27). The summed E-state index contributed by atoms with van der Waals surface area (Å²) >= 11 is 0. The Morgan fingerprint density at radius 3 is 2.71 bits per heavy atom. The predicted molar refractivity (Wildman–Crippen MR) is 98.3 cm³/mol. The van der Waals surface area contributed by atoms with E-state index in [1.54, 1.807) is 0 Å². The summed E-state index contributed by atoms with van der Waals surface area (Å²) < 4.78 is 45.2. The zero-order valence-corrected chi connectivity index (χ0v) is 15.5. The molecule has 5 nitrogen and oxygen atoms in total. The van der Waals surface area contributed by atoms with E-state index in [1.807, 2.05) is 32.0 Å². The largest absolute Gasteiger partial charge is 0.483 e. The van der Waals surface area contributed by atoms with Crippen LogP contribution in [0.4, 0.5) is 13.2 Å². The second-order valence-electron chi connectivity index (χ2n) is 6.57. The summed E-state index contributed by atoms with van der Waals surface area (Å²) in [5.41, 5.74) is 2.27. The summed E-state index contributed by atoms with van der Waals surface area (Å²) in [6.07, 6.45) is -1.47. The lowest BCUT2D eigenvalue weighted by Gasteiger charge is -2.10. The minimum Gasteiger partial charge on any atom is -0.483 e. The number of fused-ring (bicyclic) bond motifs is 1. The summed E-state index contributed by atoms with van der Waals surface area (Å²) in [6, 6.07) is 8.08. The Balaban J connectivity index is 1.51. The monoisotopic (exact) mass is 391 g/mol. The fourth-order valence-corrected chi connectivity index (χ4v) is 2.72. The molecule has 1 amide bonds. The van der Waals surface area contributed by atoms with Gasteiger partial charge in [-0.3, -0.25) is 4.79 Å². The molecule has 0 bridgehead atoms. The van der Waals surface area contributed by atoms with Crippen LogP contribution in [0, 0.1) is 13.8 Å². The van der Waals surface area contributed by atoms with E-state index in [2.05, 4.69) is 10.3 Å². The fourth-order valence-electron chi connectivity index (χ4n) is 2.72. The molecule has 8 heteroatoms. The van der Waals surface area contributed by atoms with Crippen molar-refractivity contribution in [3.8, 4) is 5.75 Å². The molecule has 1 aromatic carbocycles. The summed E-state index contributed by atoms with van der Waals surface area (Å²) in [5.74, 6) is 0.389. The SMILES string of the molecule is Cc1ccc(C)c(OCC(=O)NCCc2cn3cc(C(F)(F)F)ccc3n2)c1. The maximum absolute atomic E-state index is 12.8. The van der Waals surface area contributed by atoms with Gasteiger partial charge in [-0.2, -0.15) is 13.2 Å². The van der Waals surface area contributed by atoms with Crippen molar-refractivity contribution in [3.05, 3.63) is 65.1 Å². The van der Waals surface area contributed by atoms with Crippen LogP contribution in [0.15, 0.2) is 42.7 Å². The molecule has 0 unspecified atom stereocenters. The van der Waals surface area contributed by atoms with Gasteiger partial charge >= 0.3 is 6.18 Å². The van der Waals surface area contributed by atoms with Gasteiger partial charge in [0.15, 0.2) is 6.61 Å². The Kier molecular flexibility index (Phi) is 5.58. The van der Waals surface area contributed by atoms with Gasteiger partial charge in [0.05, 0.1) is 11.3 Å². The number of aromatic nitrogens is 2. The highest BCUT2D eigenvalue weighted by atomic mass is 19.4. The molecule has 1 N–H and O–H groups in total. The molecule has 0 atom stereocenters. The average molecular weight is 391 g/mol. The van der Waals surface area contributed by atoms with E-state index in [9.17, 15) is 18.0 Å². The van der Waals surface area contributed by atoms with E-state index in [4.69, 9.17) is 4.74 Å². The number of imidazole rings is 1. The quantitative estimate of drug-likeness (QED) is 0.697. The van der Waals surface area contributed by atoms with Crippen molar-refractivity contribution in [2.75, 3.05) is 13.2 Å². The molecule has 3 rings (SSSR count). The third-order valence-electron chi connectivity index (χ3n) is 4.23. The number of hydrogen-bond acceptors (Lipinski definition) is 3. The van der Waals surface area contributed by atoms with Gasteiger partial charge in [-0.25, -0.2) is 4.98 Å². The summed E-state index contributed by atoms with van der Waals surface area (Å²) in [6.45, 7) is 4.05. The molecule has 0 fully saturated rings. The van der Waals surface area contributed by atoms with Crippen LogP contribution in [0.3, 0.4) is 0 Å². The topological polar surface area (TPSA) is 55.6 Å². The fraction of sp³-hybridized carbons (Fsp3) is 0.300. The van der Waals surface area contributed by atoms with E-state index in [0.29, 0.717) is 30.1 Å². The van der Waals surface area contributed by atoms with Gasteiger partial charge in [-0.1, -0.05) is 12.1 Å². The zero-order valence-electron chi connectivity index (χ0n) is 15.5. The number of benzene rings is 1. The molecule has 148 valence electrons. The van der Waals surface area contributed by atoms with Crippen molar-refractivity contribution in [1.82, 2.24) is 14.7 Å². The molecule has 0 aliphatic carbocycles. The summed E-state index contributed by atoms with van der Waals surface area (Å²) in [4.78, 5) is 16.2. The first kappa shape index (κ1) is 19.7. The van der Waals surface area contributed by atoms with E-state index in [1.165, 1.54) is 16.7 Å². The number of nitrogens with zero attached hydrogens (tertiary/aromatic N) is 2. The number of aryl methyl sites for hydroxylation is 2. The number of ether oxygens (including phenoxy) is 1. The predicted octanol–water partition coefficient (Wildman–Crippen LogP) is 3.71. The van der Waals surface area contributed by atoms with E-state index >= 15 is 0 Å². The molecule has 0 saturated heterocycles. The van der Waals surface area contributed by atoms with Crippen LogP contribution in [0.5, 0.6) is 5.75 Å². The second kappa shape index (κ2) is 7.92. The van der Waals surface area contributed by atoms with Crippen LogP contribution < -0.4 is 10.1 Å². The maximum atomic E-state index is 12.8. The van der Waals surface area contributed by atoms with Gasteiger partial charge in [0.2, 0.25) is 0 Å². The van der Waals surface area contributed by atoms with Crippen LogP contribution in [0.1, 0.15) is 22.4 Å². The Morgan fingerprint density at radius 1 is 1.18 bits per heavy atom. The first-order chi connectivity index (χ1) is 13.2. The first-order valence-corrected chi connectivity index (χ1v) is 8.74. The summed E-state index contributed by atoms with van der Waals surface area (Å²) in [5, 5.41) is 2.72. The van der Waals surface area contributed by atoms with Crippen molar-refractivity contribution in [2.24, 2.45) is 0 Å². The minimum atomic E-state index is -4.40. The number of carbonyl (C=O) groups is 1. The van der Waals surface area contributed by atoms with Crippen molar-refractivity contribution < 1.29 is 22.7 Å². The Labute approximate surface area is 160 Å². The molecule has 0 aliphatic heterocycles. The van der Waals surface area contributed by atoms with Crippen LogP contribution in [0.2, 0.25) is 0 Å². The normalized spacial score (nSPS) is 11.6. The average Bonchev–Trinajstić information content (AvgIpc) is 3.03. The number of hydrogen-bond donors (Lipinski definition) is 1. The second-order valence-corrected chi connectivity index (χ2v) is 6.57. The molecule has 2 aromatic heterocycles. The number of carbonyl (C=O) groups excluding carboxylic acids is 1. The number of nitrogens with one attached hydrogen (secondary N) is 1. The number of halogens is 3. The zero-order chi connectivity index (χ0) is 20.3. The van der Waals surface area contributed by atoms with Gasteiger partial charge in [-0.15, -0.1) is 0 Å². The molecule has 3 aromatic rings. The smallest absolute Gasteiger partial charge is 0.417 e. The Morgan fingerprint density at radius 2 is 1.96 bits per heavy atom. The lowest BCUT2D eigenvalue weighted by Crippen LogP contribution is -2.30.